The number of aromatic nitrogens is 4. The summed E-state index contributed by atoms with van der Waals surface area (Å²) in [4.78, 5) is 32.8. The van der Waals surface area contributed by atoms with E-state index in [0.717, 1.165) is 35.3 Å². The van der Waals surface area contributed by atoms with Gasteiger partial charge >= 0.3 is 0 Å². The molecule has 0 saturated carbocycles. The van der Waals surface area contributed by atoms with Gasteiger partial charge < -0.3 is 15.0 Å². The summed E-state index contributed by atoms with van der Waals surface area (Å²) in [5, 5.41) is 3.21. The fourth-order valence-corrected chi connectivity index (χ4v) is 3.34. The van der Waals surface area contributed by atoms with Crippen LogP contribution in [0.5, 0.6) is 0 Å². The molecule has 0 spiro atoms. The molecule has 0 atom stereocenters. The number of anilines is 2. The summed E-state index contributed by atoms with van der Waals surface area (Å²) in [5.74, 6) is 0.887. The summed E-state index contributed by atoms with van der Waals surface area (Å²) >= 11 is 1.38. The fourth-order valence-electron chi connectivity index (χ4n) is 2.51. The predicted molar refractivity (Wildman–Crippen MR) is 104 cm³/mol. The molecule has 1 N–H and O–H groups in total. The van der Waals surface area contributed by atoms with Gasteiger partial charge in [0.1, 0.15) is 5.82 Å². The smallest absolute Gasteiger partial charge is 0.251 e. The third kappa shape index (κ3) is 4.81. The summed E-state index contributed by atoms with van der Waals surface area (Å²) in [6, 6.07) is 1.64. The summed E-state index contributed by atoms with van der Waals surface area (Å²) in [6.45, 7) is 12.1. The Balaban J connectivity index is 1.79. The highest BCUT2D eigenvalue weighted by molar-refractivity contribution is 7.99. The first-order valence-corrected chi connectivity index (χ1v) is 9.41. The predicted octanol–water partition coefficient (Wildman–Crippen LogP) is 2.39. The van der Waals surface area contributed by atoms with Crippen LogP contribution in [0.1, 0.15) is 18.3 Å². The highest BCUT2D eigenvalue weighted by Crippen LogP contribution is 2.31. The maximum Gasteiger partial charge on any atom is 0.251 e. The number of aryl methyl sites for hydroxylation is 2. The topological polar surface area (TPSA) is 93.1 Å². The van der Waals surface area contributed by atoms with Crippen LogP contribution in [-0.4, -0.2) is 52.1 Å². The van der Waals surface area contributed by atoms with Crippen LogP contribution in [0.4, 0.5) is 11.8 Å². The van der Waals surface area contributed by atoms with E-state index in [1.165, 1.54) is 11.8 Å². The van der Waals surface area contributed by atoms with E-state index in [2.05, 4.69) is 36.7 Å². The Kier molecular flexibility index (Phi) is 6.02. The van der Waals surface area contributed by atoms with Crippen LogP contribution in [0.2, 0.25) is 0 Å². The van der Waals surface area contributed by atoms with Crippen molar-refractivity contribution in [1.29, 1.82) is 0 Å². The van der Waals surface area contributed by atoms with E-state index in [1.807, 2.05) is 13.8 Å². The Bertz CT molecular complexity index is 844. The minimum Gasteiger partial charge on any atom is -0.378 e. The molecule has 0 aliphatic carbocycles. The molecule has 1 saturated heterocycles. The zero-order chi connectivity index (χ0) is 19.4. The number of carbonyl (C=O) groups excluding carboxylic acids is 1. The van der Waals surface area contributed by atoms with Gasteiger partial charge in [-0.3, -0.25) is 4.79 Å². The Morgan fingerprint density at radius 3 is 2.52 bits per heavy atom. The Hall–Kier alpha value is -2.52. The molecule has 0 unspecified atom stereocenters. The third-order valence-corrected chi connectivity index (χ3v) is 5.12. The van der Waals surface area contributed by atoms with Gasteiger partial charge in [0, 0.05) is 24.9 Å². The number of amides is 1. The van der Waals surface area contributed by atoms with Gasteiger partial charge in [-0.25, -0.2) is 19.9 Å². The maximum absolute atomic E-state index is 11.8. The number of rotatable bonds is 5. The second-order valence-corrected chi connectivity index (χ2v) is 7.16. The normalized spacial score (nSPS) is 14.1. The van der Waals surface area contributed by atoms with Gasteiger partial charge in [0.15, 0.2) is 5.16 Å². The van der Waals surface area contributed by atoms with E-state index >= 15 is 0 Å². The van der Waals surface area contributed by atoms with Crippen LogP contribution in [0.15, 0.2) is 34.5 Å². The van der Waals surface area contributed by atoms with Crippen molar-refractivity contribution in [3.05, 3.63) is 35.8 Å². The first-order valence-electron chi connectivity index (χ1n) is 8.59. The molecular weight excluding hydrogens is 364 g/mol. The minimum atomic E-state index is -0.268. The quantitative estimate of drug-likeness (QED) is 0.618. The van der Waals surface area contributed by atoms with Crippen molar-refractivity contribution < 1.29 is 9.53 Å². The molecule has 3 heterocycles. The molecule has 3 rings (SSSR count). The van der Waals surface area contributed by atoms with Gasteiger partial charge in [-0.05, 0) is 38.6 Å². The zero-order valence-corrected chi connectivity index (χ0v) is 16.5. The largest absolute Gasteiger partial charge is 0.378 e. The highest BCUT2D eigenvalue weighted by Gasteiger charge is 2.18. The third-order valence-electron chi connectivity index (χ3n) is 3.94. The van der Waals surface area contributed by atoms with Gasteiger partial charge in [-0.1, -0.05) is 6.58 Å². The first kappa shape index (κ1) is 19.2. The van der Waals surface area contributed by atoms with Crippen LogP contribution >= 0.6 is 11.8 Å². The van der Waals surface area contributed by atoms with E-state index in [-0.39, 0.29) is 5.91 Å². The summed E-state index contributed by atoms with van der Waals surface area (Å²) in [7, 11) is 0. The van der Waals surface area contributed by atoms with Gasteiger partial charge in [0.2, 0.25) is 5.95 Å². The number of nitrogens with zero attached hydrogens (tertiary/aromatic N) is 5. The molecule has 142 valence electrons. The molecule has 1 aliphatic heterocycles. The molecule has 2 aromatic rings. The second-order valence-electron chi connectivity index (χ2n) is 6.18. The van der Waals surface area contributed by atoms with E-state index in [1.54, 1.807) is 19.2 Å². The van der Waals surface area contributed by atoms with Crippen molar-refractivity contribution >= 4 is 29.4 Å². The van der Waals surface area contributed by atoms with Gasteiger partial charge in [0.25, 0.3) is 5.91 Å². The zero-order valence-electron chi connectivity index (χ0n) is 15.7. The standard InChI is InChI=1S/C18H22N6O2S/c1-11(2)16(25)22-14-5-6-19-18(23-14)27-15-12(3)20-17(21-13(15)4)24-7-9-26-10-8-24/h5-6H,1,7-10H2,2-4H3,(H,19,22,23,25). The molecule has 1 aliphatic rings. The Morgan fingerprint density at radius 2 is 1.89 bits per heavy atom. The highest BCUT2D eigenvalue weighted by atomic mass is 32.2. The summed E-state index contributed by atoms with van der Waals surface area (Å²) in [6.07, 6.45) is 1.61. The fraction of sp³-hybridized carbons (Fsp3) is 0.389. The number of hydrogen-bond donors (Lipinski definition) is 1. The van der Waals surface area contributed by atoms with Crippen molar-refractivity contribution in [2.24, 2.45) is 0 Å². The van der Waals surface area contributed by atoms with Crippen LogP contribution < -0.4 is 10.2 Å². The van der Waals surface area contributed by atoms with E-state index in [0.29, 0.717) is 29.8 Å². The molecule has 1 amide bonds. The summed E-state index contributed by atoms with van der Waals surface area (Å²) in [5.41, 5.74) is 2.16. The number of hydrogen-bond acceptors (Lipinski definition) is 8. The lowest BCUT2D eigenvalue weighted by molar-refractivity contribution is -0.112. The summed E-state index contributed by atoms with van der Waals surface area (Å²) < 4.78 is 5.38. The van der Waals surface area contributed by atoms with Gasteiger partial charge in [-0.15, -0.1) is 0 Å². The van der Waals surface area contributed by atoms with Crippen LogP contribution in [-0.2, 0) is 9.53 Å². The minimum absolute atomic E-state index is 0.268. The van der Waals surface area contributed by atoms with Gasteiger partial charge in [-0.2, -0.15) is 0 Å². The monoisotopic (exact) mass is 386 g/mol. The van der Waals surface area contributed by atoms with Crippen LogP contribution in [0.25, 0.3) is 0 Å². The molecule has 0 bridgehead atoms. The van der Waals surface area contributed by atoms with Crippen molar-refractivity contribution in [2.45, 2.75) is 30.8 Å². The van der Waals surface area contributed by atoms with Crippen molar-refractivity contribution in [3.8, 4) is 0 Å². The van der Waals surface area contributed by atoms with Crippen molar-refractivity contribution in [3.63, 3.8) is 0 Å². The van der Waals surface area contributed by atoms with Crippen LogP contribution in [0, 0.1) is 13.8 Å². The van der Waals surface area contributed by atoms with E-state index in [4.69, 9.17) is 4.74 Å². The lowest BCUT2D eigenvalue weighted by Gasteiger charge is -2.27. The van der Waals surface area contributed by atoms with Crippen molar-refractivity contribution in [1.82, 2.24) is 19.9 Å². The first-order chi connectivity index (χ1) is 12.9. The Labute approximate surface area is 162 Å². The van der Waals surface area contributed by atoms with Gasteiger partial charge in [0.05, 0.1) is 29.5 Å². The molecular formula is C18H22N6O2S. The average Bonchev–Trinajstić information content (AvgIpc) is 2.65. The van der Waals surface area contributed by atoms with Crippen LogP contribution in [0.3, 0.4) is 0 Å². The molecule has 0 aromatic carbocycles. The van der Waals surface area contributed by atoms with E-state index in [9.17, 15) is 4.79 Å². The number of ether oxygens (including phenoxy) is 1. The second kappa shape index (κ2) is 8.45. The molecule has 9 heteroatoms. The molecule has 2 aromatic heterocycles. The van der Waals surface area contributed by atoms with E-state index < -0.39 is 0 Å². The number of carbonyl (C=O) groups is 1. The average molecular weight is 386 g/mol. The molecule has 8 nitrogen and oxygen atoms in total. The maximum atomic E-state index is 11.8. The van der Waals surface area contributed by atoms with Crippen molar-refractivity contribution in [2.75, 3.05) is 36.5 Å². The number of nitrogens with one attached hydrogen (secondary N) is 1. The molecule has 0 radical (unpaired) electrons. The lowest BCUT2D eigenvalue weighted by Crippen LogP contribution is -2.37. The molecule has 27 heavy (non-hydrogen) atoms. The Morgan fingerprint density at radius 1 is 1.22 bits per heavy atom. The molecule has 1 fully saturated rings. The number of morpholine rings is 1. The lowest BCUT2D eigenvalue weighted by atomic mass is 10.3. The SMILES string of the molecule is C=C(C)C(=O)Nc1ccnc(Sc2c(C)nc(N3CCOCC3)nc2C)n1.